The first-order valence-corrected chi connectivity index (χ1v) is 6.64. The van der Waals surface area contributed by atoms with Crippen molar-refractivity contribution in [3.8, 4) is 0 Å². The molecule has 1 saturated carbocycles. The molecule has 1 saturated heterocycles. The molecule has 4 nitrogen and oxygen atoms in total. The monoisotopic (exact) mass is 326 g/mol. The lowest BCUT2D eigenvalue weighted by molar-refractivity contribution is 0.777. The maximum atomic E-state index is 4.64. The van der Waals surface area contributed by atoms with E-state index in [4.69, 9.17) is 0 Å². The zero-order chi connectivity index (χ0) is 10.7. The van der Waals surface area contributed by atoms with Crippen LogP contribution in [0.5, 0.6) is 0 Å². The van der Waals surface area contributed by atoms with Crippen LogP contribution < -0.4 is 4.90 Å². The second-order valence-electron chi connectivity index (χ2n) is 4.70. The van der Waals surface area contributed by atoms with Crippen LogP contribution in [0.15, 0.2) is 18.3 Å². The number of fused-ring (bicyclic) bond motifs is 2. The van der Waals surface area contributed by atoms with Gasteiger partial charge < -0.3 is 4.90 Å². The van der Waals surface area contributed by atoms with Gasteiger partial charge in [0, 0.05) is 13.1 Å². The molecular formula is C11H11IN4. The summed E-state index contributed by atoms with van der Waals surface area (Å²) < 4.78 is 2.98. The first kappa shape index (κ1) is 9.21. The van der Waals surface area contributed by atoms with E-state index in [0.717, 1.165) is 27.0 Å². The molecular weight excluding hydrogens is 315 g/mol. The Labute approximate surface area is 107 Å². The van der Waals surface area contributed by atoms with Crippen LogP contribution in [-0.2, 0) is 0 Å². The highest BCUT2D eigenvalue weighted by atomic mass is 127. The molecule has 0 aromatic carbocycles. The van der Waals surface area contributed by atoms with Crippen LogP contribution >= 0.6 is 22.6 Å². The smallest absolute Gasteiger partial charge is 0.154 e. The standard InChI is InChI=1S/C11H11IN4/c12-9-4-13-10-1-2-11(14-16(9)10)15-5-7-3-8(7)6-15/h1-2,4,7-8H,3,5-6H2. The van der Waals surface area contributed by atoms with E-state index in [-0.39, 0.29) is 0 Å². The molecule has 4 rings (SSSR count). The molecule has 1 aliphatic carbocycles. The van der Waals surface area contributed by atoms with Gasteiger partial charge >= 0.3 is 0 Å². The molecule has 0 radical (unpaired) electrons. The third-order valence-electron chi connectivity index (χ3n) is 3.61. The van der Waals surface area contributed by atoms with E-state index < -0.39 is 0 Å². The molecule has 1 aliphatic heterocycles. The maximum Gasteiger partial charge on any atom is 0.154 e. The molecule has 5 heteroatoms. The normalized spacial score (nSPS) is 27.4. The Balaban J connectivity index is 1.76. The van der Waals surface area contributed by atoms with Gasteiger partial charge in [0.2, 0.25) is 0 Å². The average molecular weight is 326 g/mol. The van der Waals surface area contributed by atoms with Crippen LogP contribution in [0.1, 0.15) is 6.42 Å². The molecule has 2 aromatic heterocycles. The molecule has 82 valence electrons. The number of halogens is 1. The number of piperidine rings is 1. The number of anilines is 1. The third kappa shape index (κ3) is 1.27. The number of rotatable bonds is 1. The van der Waals surface area contributed by atoms with Crippen molar-refractivity contribution >= 4 is 34.1 Å². The molecule has 2 fully saturated rings. The Morgan fingerprint density at radius 1 is 1.25 bits per heavy atom. The van der Waals surface area contributed by atoms with Gasteiger partial charge in [0.15, 0.2) is 5.65 Å². The highest BCUT2D eigenvalue weighted by Gasteiger charge is 2.45. The van der Waals surface area contributed by atoms with Gasteiger partial charge in [-0.1, -0.05) is 0 Å². The first-order chi connectivity index (χ1) is 7.81. The van der Waals surface area contributed by atoms with Gasteiger partial charge in [0.25, 0.3) is 0 Å². The third-order valence-corrected chi connectivity index (χ3v) is 4.34. The van der Waals surface area contributed by atoms with Crippen molar-refractivity contribution in [2.45, 2.75) is 6.42 Å². The number of hydrogen-bond donors (Lipinski definition) is 0. The lowest BCUT2D eigenvalue weighted by Crippen LogP contribution is -2.23. The van der Waals surface area contributed by atoms with Crippen molar-refractivity contribution in [2.24, 2.45) is 11.8 Å². The van der Waals surface area contributed by atoms with E-state index in [0.29, 0.717) is 0 Å². The summed E-state index contributed by atoms with van der Waals surface area (Å²) in [4.78, 5) is 6.68. The lowest BCUT2D eigenvalue weighted by atomic mass is 10.4. The van der Waals surface area contributed by atoms with Gasteiger partial charge in [0.1, 0.15) is 9.52 Å². The molecule has 2 aromatic rings. The van der Waals surface area contributed by atoms with Gasteiger partial charge in [-0.15, -0.1) is 5.10 Å². The van der Waals surface area contributed by atoms with Gasteiger partial charge in [-0.2, -0.15) is 0 Å². The van der Waals surface area contributed by atoms with Gasteiger partial charge in [-0.25, -0.2) is 9.50 Å². The topological polar surface area (TPSA) is 33.4 Å². The SMILES string of the molecule is Ic1cnc2ccc(N3CC4CC4C3)nn12. The quantitative estimate of drug-likeness (QED) is 0.749. The summed E-state index contributed by atoms with van der Waals surface area (Å²) >= 11 is 2.27. The highest BCUT2D eigenvalue weighted by Crippen LogP contribution is 2.45. The van der Waals surface area contributed by atoms with Crippen LogP contribution in [0.2, 0.25) is 0 Å². The summed E-state index contributed by atoms with van der Waals surface area (Å²) in [5.74, 6) is 2.98. The minimum Gasteiger partial charge on any atom is -0.355 e. The number of aromatic nitrogens is 3. The van der Waals surface area contributed by atoms with Crippen molar-refractivity contribution in [3.63, 3.8) is 0 Å². The summed E-state index contributed by atoms with van der Waals surface area (Å²) in [5, 5.41) is 4.64. The lowest BCUT2D eigenvalue weighted by Gasteiger charge is -2.18. The van der Waals surface area contributed by atoms with E-state index in [1.54, 1.807) is 0 Å². The molecule has 2 atom stereocenters. The van der Waals surface area contributed by atoms with Gasteiger partial charge in [-0.05, 0) is 53.0 Å². The van der Waals surface area contributed by atoms with Crippen LogP contribution in [0.4, 0.5) is 5.82 Å². The molecule has 0 spiro atoms. The predicted molar refractivity (Wildman–Crippen MR) is 69.5 cm³/mol. The minimum atomic E-state index is 0.928. The Hall–Kier alpha value is -0.850. The Kier molecular flexibility index (Phi) is 1.78. The van der Waals surface area contributed by atoms with Crippen molar-refractivity contribution < 1.29 is 0 Å². The summed E-state index contributed by atoms with van der Waals surface area (Å²) in [6.45, 7) is 2.38. The summed E-state index contributed by atoms with van der Waals surface area (Å²) in [6.07, 6.45) is 3.29. The van der Waals surface area contributed by atoms with Gasteiger partial charge in [0.05, 0.1) is 6.20 Å². The fourth-order valence-corrected chi connectivity index (χ4v) is 3.08. The molecule has 0 bridgehead atoms. The van der Waals surface area contributed by atoms with E-state index in [2.05, 4.69) is 49.7 Å². The summed E-state index contributed by atoms with van der Waals surface area (Å²) in [7, 11) is 0. The van der Waals surface area contributed by atoms with Crippen LogP contribution in [0.3, 0.4) is 0 Å². The van der Waals surface area contributed by atoms with Crippen LogP contribution in [0.25, 0.3) is 5.65 Å². The molecule has 2 aliphatic rings. The Morgan fingerprint density at radius 3 is 2.88 bits per heavy atom. The number of imidazole rings is 1. The molecule has 2 unspecified atom stereocenters. The zero-order valence-corrected chi connectivity index (χ0v) is 10.8. The first-order valence-electron chi connectivity index (χ1n) is 5.56. The average Bonchev–Trinajstić information content (AvgIpc) is 2.75. The Bertz CT molecular complexity index is 554. The summed E-state index contributed by atoms with van der Waals surface area (Å²) in [5.41, 5.74) is 0.928. The van der Waals surface area contributed by atoms with Crippen molar-refractivity contribution in [1.29, 1.82) is 0 Å². The van der Waals surface area contributed by atoms with Crippen LogP contribution in [0, 0.1) is 15.5 Å². The maximum absolute atomic E-state index is 4.64. The van der Waals surface area contributed by atoms with Crippen molar-refractivity contribution in [1.82, 2.24) is 14.6 Å². The predicted octanol–water partition coefficient (Wildman–Crippen LogP) is 1.79. The number of nitrogens with zero attached hydrogens (tertiary/aromatic N) is 4. The number of hydrogen-bond acceptors (Lipinski definition) is 3. The van der Waals surface area contributed by atoms with E-state index in [1.165, 1.54) is 19.5 Å². The van der Waals surface area contributed by atoms with Crippen molar-refractivity contribution in [2.75, 3.05) is 18.0 Å². The molecule has 3 heterocycles. The minimum absolute atomic E-state index is 0.928. The fraction of sp³-hybridized carbons (Fsp3) is 0.455. The van der Waals surface area contributed by atoms with E-state index >= 15 is 0 Å². The molecule has 0 N–H and O–H groups in total. The second kappa shape index (κ2) is 3.09. The van der Waals surface area contributed by atoms with Crippen LogP contribution in [-0.4, -0.2) is 27.7 Å². The molecule has 16 heavy (non-hydrogen) atoms. The van der Waals surface area contributed by atoms with E-state index in [9.17, 15) is 0 Å². The highest BCUT2D eigenvalue weighted by molar-refractivity contribution is 14.1. The molecule has 0 amide bonds. The van der Waals surface area contributed by atoms with E-state index in [1.807, 2.05) is 10.7 Å². The Morgan fingerprint density at radius 2 is 2.06 bits per heavy atom. The van der Waals surface area contributed by atoms with Gasteiger partial charge in [-0.3, -0.25) is 0 Å². The van der Waals surface area contributed by atoms with Crippen molar-refractivity contribution in [3.05, 3.63) is 22.0 Å². The fourth-order valence-electron chi connectivity index (χ4n) is 2.59. The second-order valence-corrected chi connectivity index (χ2v) is 5.81. The summed E-state index contributed by atoms with van der Waals surface area (Å²) in [6, 6.07) is 4.14. The largest absolute Gasteiger partial charge is 0.355 e. The zero-order valence-electron chi connectivity index (χ0n) is 8.67.